The number of hydrogen-bond acceptors (Lipinski definition) is 5. The molecular weight excluding hydrogens is 544 g/mol. The molecule has 1 aromatic heterocycles. The Hall–Kier alpha value is -3.72. The minimum Gasteiger partial charge on any atom is -0.493 e. The van der Waals surface area contributed by atoms with E-state index in [1.165, 1.54) is 0 Å². The Kier molecular flexibility index (Phi) is 10.1. The molecule has 2 aromatic carbocycles. The van der Waals surface area contributed by atoms with E-state index in [1.54, 1.807) is 7.11 Å². The van der Waals surface area contributed by atoms with Crippen LogP contribution < -0.4 is 14.4 Å². The van der Waals surface area contributed by atoms with Gasteiger partial charge in [-0.05, 0) is 62.4 Å². The zero-order valence-electron chi connectivity index (χ0n) is 26.1. The van der Waals surface area contributed by atoms with Gasteiger partial charge in [0.15, 0.2) is 11.5 Å². The number of benzene rings is 2. The molecule has 2 fully saturated rings. The lowest BCUT2D eigenvalue weighted by molar-refractivity contribution is -0.131. The number of aryl methyl sites for hydroxylation is 1. The Balaban J connectivity index is 1.35. The van der Waals surface area contributed by atoms with Crippen molar-refractivity contribution in [2.24, 2.45) is 0 Å². The number of carbonyl (C=O) groups is 2. The van der Waals surface area contributed by atoms with Gasteiger partial charge < -0.3 is 28.6 Å². The van der Waals surface area contributed by atoms with Crippen LogP contribution in [0.4, 0.5) is 10.5 Å². The molecule has 2 saturated heterocycles. The monoisotopic (exact) mass is 590 g/mol. The molecule has 1 atom stereocenters. The molecule has 2 aliphatic heterocycles. The van der Waals surface area contributed by atoms with Crippen molar-refractivity contribution < 1.29 is 23.8 Å². The third kappa shape index (κ3) is 6.93. The van der Waals surface area contributed by atoms with Gasteiger partial charge in [-0.25, -0.2) is 4.79 Å². The molecule has 43 heavy (non-hydrogen) atoms. The highest BCUT2D eigenvalue weighted by Gasteiger charge is 2.33. The van der Waals surface area contributed by atoms with Gasteiger partial charge in [0.2, 0.25) is 5.91 Å². The SMILES string of the molecule is CCCCCOc1cc(N2CC[C@H](C)N(Cc3cccc4c3c(C)cn4CC(=O)N3CCCOCC3)C2=O)ccc1OC. The van der Waals surface area contributed by atoms with Crippen molar-refractivity contribution in [1.82, 2.24) is 14.4 Å². The maximum Gasteiger partial charge on any atom is 0.325 e. The molecule has 232 valence electrons. The average molecular weight is 591 g/mol. The van der Waals surface area contributed by atoms with Crippen LogP contribution >= 0.6 is 0 Å². The highest BCUT2D eigenvalue weighted by molar-refractivity contribution is 5.94. The summed E-state index contributed by atoms with van der Waals surface area (Å²) in [4.78, 5) is 32.9. The Morgan fingerprint density at radius 3 is 2.74 bits per heavy atom. The van der Waals surface area contributed by atoms with Crippen molar-refractivity contribution in [3.63, 3.8) is 0 Å². The Labute approximate surface area is 255 Å². The van der Waals surface area contributed by atoms with Crippen molar-refractivity contribution in [2.75, 3.05) is 51.5 Å². The van der Waals surface area contributed by atoms with Gasteiger partial charge in [0.05, 0.1) is 20.3 Å². The van der Waals surface area contributed by atoms with Gasteiger partial charge in [0.1, 0.15) is 6.54 Å². The lowest BCUT2D eigenvalue weighted by Crippen LogP contribution is -2.53. The minimum absolute atomic E-state index is 0.0199. The summed E-state index contributed by atoms with van der Waals surface area (Å²) in [6.07, 6.45) is 7.00. The van der Waals surface area contributed by atoms with E-state index in [9.17, 15) is 9.59 Å². The van der Waals surface area contributed by atoms with E-state index in [-0.39, 0.29) is 18.0 Å². The molecule has 5 rings (SSSR count). The zero-order valence-corrected chi connectivity index (χ0v) is 26.1. The van der Waals surface area contributed by atoms with Crippen LogP contribution in [0.3, 0.4) is 0 Å². The summed E-state index contributed by atoms with van der Waals surface area (Å²) < 4.78 is 19.2. The smallest absolute Gasteiger partial charge is 0.325 e. The number of methoxy groups -OCH3 is 1. The largest absolute Gasteiger partial charge is 0.493 e. The molecule has 0 spiro atoms. The third-order valence-corrected chi connectivity index (χ3v) is 8.65. The predicted molar refractivity (Wildman–Crippen MR) is 169 cm³/mol. The number of rotatable bonds is 11. The highest BCUT2D eigenvalue weighted by atomic mass is 16.5. The normalized spacial score (nSPS) is 17.8. The fourth-order valence-corrected chi connectivity index (χ4v) is 6.19. The van der Waals surface area contributed by atoms with Crippen LogP contribution in [0.1, 0.15) is 57.1 Å². The van der Waals surface area contributed by atoms with Crippen LogP contribution in [-0.4, -0.2) is 78.9 Å². The molecule has 0 radical (unpaired) electrons. The zero-order chi connectivity index (χ0) is 30.3. The van der Waals surface area contributed by atoms with E-state index < -0.39 is 0 Å². The van der Waals surface area contributed by atoms with E-state index in [0.29, 0.717) is 57.5 Å². The van der Waals surface area contributed by atoms with Crippen LogP contribution in [0, 0.1) is 6.92 Å². The second-order valence-corrected chi connectivity index (χ2v) is 11.7. The number of amides is 3. The van der Waals surface area contributed by atoms with Crippen LogP contribution in [0.25, 0.3) is 10.9 Å². The first-order valence-electron chi connectivity index (χ1n) is 15.7. The van der Waals surface area contributed by atoms with Crippen LogP contribution in [0.2, 0.25) is 0 Å². The number of unbranched alkanes of at least 4 members (excludes halogenated alkanes) is 2. The fraction of sp³-hybridized carbons (Fsp3) is 0.529. The maximum absolute atomic E-state index is 14.0. The van der Waals surface area contributed by atoms with Crippen LogP contribution in [0.15, 0.2) is 42.6 Å². The minimum atomic E-state index is -0.0199. The maximum atomic E-state index is 14.0. The second-order valence-electron chi connectivity index (χ2n) is 11.7. The highest BCUT2D eigenvalue weighted by Crippen LogP contribution is 2.35. The van der Waals surface area contributed by atoms with Crippen LogP contribution in [0.5, 0.6) is 11.5 Å². The number of anilines is 1. The molecule has 0 N–H and O–H groups in total. The molecule has 9 heteroatoms. The van der Waals surface area contributed by atoms with Crippen molar-refractivity contribution in [3.05, 3.63) is 53.7 Å². The molecule has 9 nitrogen and oxygen atoms in total. The van der Waals surface area contributed by atoms with E-state index in [4.69, 9.17) is 14.2 Å². The molecule has 3 amide bonds. The number of nitrogens with zero attached hydrogens (tertiary/aromatic N) is 4. The third-order valence-electron chi connectivity index (χ3n) is 8.65. The molecule has 0 aliphatic carbocycles. The number of aromatic nitrogens is 1. The Bertz CT molecular complexity index is 1410. The summed E-state index contributed by atoms with van der Waals surface area (Å²) in [5, 5.41) is 1.11. The number of fused-ring (bicyclic) bond motifs is 1. The Morgan fingerprint density at radius 2 is 1.93 bits per heavy atom. The summed E-state index contributed by atoms with van der Waals surface area (Å²) in [5.41, 5.74) is 4.02. The van der Waals surface area contributed by atoms with Gasteiger partial charge in [-0.2, -0.15) is 0 Å². The van der Waals surface area contributed by atoms with Crippen molar-refractivity contribution in [2.45, 2.75) is 72.0 Å². The standard InChI is InChI=1S/C34H46N4O5/c1-5-6-7-19-43-31-21-28(12-13-30(31)41-4)37-16-14-26(3)38(34(37)40)23-27-10-8-11-29-33(27)25(2)22-36(29)24-32(39)35-15-9-18-42-20-17-35/h8,10-13,21-22,26H,5-7,9,14-20,23-24H2,1-4H3/t26-/m0/s1. The number of carbonyl (C=O) groups excluding carboxylic acids is 2. The molecule has 3 heterocycles. The van der Waals surface area contributed by atoms with E-state index in [1.807, 2.05) is 39.0 Å². The van der Waals surface area contributed by atoms with E-state index in [2.05, 4.69) is 43.7 Å². The first-order chi connectivity index (χ1) is 20.9. The molecular formula is C34H46N4O5. The summed E-state index contributed by atoms with van der Waals surface area (Å²) in [5.74, 6) is 1.44. The van der Waals surface area contributed by atoms with Crippen molar-refractivity contribution in [3.8, 4) is 11.5 Å². The van der Waals surface area contributed by atoms with E-state index in [0.717, 1.165) is 66.4 Å². The summed E-state index contributed by atoms with van der Waals surface area (Å²) in [6.45, 7) is 11.1. The lowest BCUT2D eigenvalue weighted by atomic mass is 10.0. The van der Waals surface area contributed by atoms with Gasteiger partial charge in [-0.1, -0.05) is 31.9 Å². The first kappa shape index (κ1) is 30.7. The quantitative estimate of drug-likeness (QED) is 0.256. The van der Waals surface area contributed by atoms with Gasteiger partial charge in [0, 0.05) is 67.7 Å². The van der Waals surface area contributed by atoms with Gasteiger partial charge in [0.25, 0.3) is 0 Å². The van der Waals surface area contributed by atoms with E-state index >= 15 is 0 Å². The summed E-state index contributed by atoms with van der Waals surface area (Å²) in [7, 11) is 1.64. The molecule has 0 saturated carbocycles. The summed E-state index contributed by atoms with van der Waals surface area (Å²) >= 11 is 0. The lowest BCUT2D eigenvalue weighted by Gasteiger charge is -2.40. The molecule has 0 bridgehead atoms. The molecule has 2 aliphatic rings. The van der Waals surface area contributed by atoms with Crippen molar-refractivity contribution >= 4 is 28.5 Å². The van der Waals surface area contributed by atoms with Gasteiger partial charge in [-0.3, -0.25) is 9.69 Å². The topological polar surface area (TPSA) is 76.5 Å². The first-order valence-corrected chi connectivity index (χ1v) is 15.7. The predicted octanol–water partition coefficient (Wildman–Crippen LogP) is 6.00. The number of ether oxygens (including phenoxy) is 3. The van der Waals surface area contributed by atoms with Crippen molar-refractivity contribution in [1.29, 1.82) is 0 Å². The number of hydrogen-bond donors (Lipinski definition) is 0. The Morgan fingerprint density at radius 1 is 1.07 bits per heavy atom. The summed E-state index contributed by atoms with van der Waals surface area (Å²) in [6, 6.07) is 12.0. The second kappa shape index (κ2) is 14.2. The van der Waals surface area contributed by atoms with Gasteiger partial charge in [-0.15, -0.1) is 0 Å². The molecule has 3 aromatic rings. The van der Waals surface area contributed by atoms with Gasteiger partial charge >= 0.3 is 6.03 Å². The number of urea groups is 1. The fourth-order valence-electron chi connectivity index (χ4n) is 6.19. The average Bonchev–Trinajstić information content (AvgIpc) is 3.16. The molecule has 0 unspecified atom stereocenters. The van der Waals surface area contributed by atoms with Crippen LogP contribution in [-0.2, 0) is 22.6 Å².